The van der Waals surface area contributed by atoms with Gasteiger partial charge in [0.25, 0.3) is 0 Å². The average Bonchev–Trinajstić information content (AvgIpc) is 3.73. The van der Waals surface area contributed by atoms with Crippen molar-refractivity contribution in [2.75, 3.05) is 4.90 Å². The molecule has 5 aliphatic carbocycles. The molecule has 0 aromatic heterocycles. The van der Waals surface area contributed by atoms with Crippen LogP contribution in [0.1, 0.15) is 68.4 Å². The van der Waals surface area contributed by atoms with Crippen LogP contribution in [0.3, 0.4) is 0 Å². The molecule has 10 rings (SSSR count). The van der Waals surface area contributed by atoms with Gasteiger partial charge in [-0.25, -0.2) is 0 Å². The highest BCUT2D eigenvalue weighted by atomic mass is 28.2. The van der Waals surface area contributed by atoms with Crippen LogP contribution in [0.4, 0.5) is 5.69 Å². The van der Waals surface area contributed by atoms with E-state index < -0.39 is 0 Å². The number of nitrogens with zero attached hydrogens (tertiary/aromatic N) is 1. The summed E-state index contributed by atoms with van der Waals surface area (Å²) in [4.78, 5) is 2.83. The van der Waals surface area contributed by atoms with E-state index in [1.165, 1.54) is 60.9 Å². The lowest BCUT2D eigenvalue weighted by molar-refractivity contribution is 0.224. The van der Waals surface area contributed by atoms with Crippen molar-refractivity contribution in [3.05, 3.63) is 180 Å². The molecule has 2 radical (unpaired) electrons. The minimum Gasteiger partial charge on any atom is -0.342 e. The third kappa shape index (κ3) is 5.16. The van der Waals surface area contributed by atoms with Crippen LogP contribution in [0.5, 0.6) is 0 Å². The van der Waals surface area contributed by atoms with E-state index in [0.29, 0.717) is 29.7 Å². The third-order valence-corrected chi connectivity index (χ3v) is 15.3. The van der Waals surface area contributed by atoms with Crippen molar-refractivity contribution >= 4 is 20.4 Å². The second kappa shape index (κ2) is 13.0. The zero-order chi connectivity index (χ0) is 33.8. The summed E-state index contributed by atoms with van der Waals surface area (Å²) in [5.41, 5.74) is 12.9. The molecule has 2 heteroatoms. The summed E-state index contributed by atoms with van der Waals surface area (Å²) in [5.74, 6) is 2.25. The summed E-state index contributed by atoms with van der Waals surface area (Å²) in [5, 5.41) is 1.63. The highest BCUT2D eigenvalue weighted by Gasteiger charge is 2.56. The molecule has 51 heavy (non-hydrogen) atoms. The van der Waals surface area contributed by atoms with Gasteiger partial charge in [-0.3, -0.25) is 0 Å². The van der Waals surface area contributed by atoms with E-state index in [1.807, 2.05) is 0 Å². The molecule has 4 aromatic carbocycles. The highest BCUT2D eigenvalue weighted by molar-refractivity contribution is 6.57. The number of anilines is 1. The Bertz CT molecular complexity index is 2070. The first-order valence-corrected chi connectivity index (χ1v) is 20.7. The van der Waals surface area contributed by atoms with Gasteiger partial charge in [0.1, 0.15) is 0 Å². The standard InChI is InChI=1S/C49H47NSi/c1-3-13-34(14-4-1)35-23-27-38(28-24-35)50(40-31-32-48-44(33-40)43-19-9-12-22-47(43)51-48)39-29-25-37(26-30-39)49(36-15-5-2-6-16-36)45-20-10-7-17-41(45)42-18-8-11-21-46(42)49/h1-7,9-17,19-24,27-29,37,40-41,44-45,48H,8,18,25-26,30-33H2. The van der Waals surface area contributed by atoms with Crippen LogP contribution in [0.25, 0.3) is 11.1 Å². The summed E-state index contributed by atoms with van der Waals surface area (Å²) in [6.07, 6.45) is 27.2. The van der Waals surface area contributed by atoms with E-state index in [2.05, 4.69) is 157 Å². The Morgan fingerprint density at radius 1 is 0.706 bits per heavy atom. The second-order valence-corrected chi connectivity index (χ2v) is 17.4. The smallest absolute Gasteiger partial charge is 0.0852 e. The normalized spacial score (nSPS) is 30.3. The Morgan fingerprint density at radius 2 is 1.47 bits per heavy atom. The number of benzene rings is 4. The number of fused-ring (bicyclic) bond motifs is 5. The lowest BCUT2D eigenvalue weighted by atomic mass is 9.56. The zero-order valence-corrected chi connectivity index (χ0v) is 30.5. The average molecular weight is 678 g/mol. The largest absolute Gasteiger partial charge is 0.342 e. The first-order chi connectivity index (χ1) is 25.3. The summed E-state index contributed by atoms with van der Waals surface area (Å²) in [6, 6.07) is 41.9. The summed E-state index contributed by atoms with van der Waals surface area (Å²) in [7, 11) is 0.976. The van der Waals surface area contributed by atoms with Crippen LogP contribution < -0.4 is 10.1 Å². The molecule has 0 N–H and O–H groups in total. The fourth-order valence-corrected chi connectivity index (χ4v) is 13.2. The summed E-state index contributed by atoms with van der Waals surface area (Å²) in [6.45, 7) is 0. The van der Waals surface area contributed by atoms with Gasteiger partial charge < -0.3 is 4.90 Å². The molecule has 0 spiro atoms. The van der Waals surface area contributed by atoms with Gasteiger partial charge in [0.2, 0.25) is 0 Å². The molecule has 252 valence electrons. The number of hydrogen-bond donors (Lipinski definition) is 0. The van der Waals surface area contributed by atoms with E-state index in [0.717, 1.165) is 27.9 Å². The van der Waals surface area contributed by atoms with Gasteiger partial charge in [0.15, 0.2) is 0 Å². The lowest BCUT2D eigenvalue weighted by Crippen LogP contribution is -2.44. The molecule has 1 fully saturated rings. The molecule has 7 unspecified atom stereocenters. The van der Waals surface area contributed by atoms with Gasteiger partial charge in [-0.05, 0) is 102 Å². The molecule has 4 aromatic rings. The van der Waals surface area contributed by atoms with Gasteiger partial charge in [-0.15, -0.1) is 0 Å². The molecule has 1 nitrogen and oxygen atoms in total. The first kappa shape index (κ1) is 31.3. The molecular weight excluding hydrogens is 631 g/mol. The zero-order valence-electron chi connectivity index (χ0n) is 29.5. The molecule has 7 atom stereocenters. The van der Waals surface area contributed by atoms with Gasteiger partial charge in [-0.1, -0.05) is 157 Å². The Kier molecular flexibility index (Phi) is 7.97. The number of allylic oxidation sites excluding steroid dienone is 10. The van der Waals surface area contributed by atoms with Crippen molar-refractivity contribution in [2.24, 2.45) is 17.8 Å². The van der Waals surface area contributed by atoms with E-state index in [9.17, 15) is 0 Å². The Labute approximate surface area is 307 Å². The van der Waals surface area contributed by atoms with Crippen molar-refractivity contribution in [1.82, 2.24) is 0 Å². The first-order valence-electron chi connectivity index (χ1n) is 19.6. The fourth-order valence-electron chi connectivity index (χ4n) is 11.3. The van der Waals surface area contributed by atoms with Crippen LogP contribution in [-0.4, -0.2) is 15.6 Å². The van der Waals surface area contributed by atoms with Crippen LogP contribution in [0, 0.1) is 17.8 Å². The predicted octanol–water partition coefficient (Wildman–Crippen LogP) is 11.3. The quantitative estimate of drug-likeness (QED) is 0.184. The monoisotopic (exact) mass is 677 g/mol. The minimum absolute atomic E-state index is 0.0101. The highest BCUT2D eigenvalue weighted by Crippen LogP contribution is 2.62. The van der Waals surface area contributed by atoms with E-state index in [-0.39, 0.29) is 5.41 Å². The summed E-state index contributed by atoms with van der Waals surface area (Å²) < 4.78 is 0. The SMILES string of the molecule is C1=CC2C3=C(C=CCC3)C(c3ccccc3)(C3CC=C(N(c4ccc(-c5ccccc5)cc4)C4CCC5[Si]c6ccccc6C5C4)CC3)C2C=C1. The molecule has 0 amide bonds. The van der Waals surface area contributed by atoms with Crippen LogP contribution >= 0.6 is 0 Å². The van der Waals surface area contributed by atoms with Gasteiger partial charge >= 0.3 is 0 Å². The van der Waals surface area contributed by atoms with Crippen molar-refractivity contribution in [3.8, 4) is 11.1 Å². The Hall–Kier alpha value is -4.40. The van der Waals surface area contributed by atoms with E-state index >= 15 is 0 Å². The second-order valence-electron chi connectivity index (χ2n) is 15.8. The molecule has 0 bridgehead atoms. The molecule has 1 aliphatic heterocycles. The maximum atomic E-state index is 2.83. The van der Waals surface area contributed by atoms with Crippen molar-refractivity contribution < 1.29 is 0 Å². The van der Waals surface area contributed by atoms with Gasteiger partial charge in [0, 0.05) is 34.7 Å². The molecule has 6 aliphatic rings. The molecule has 1 heterocycles. The predicted molar refractivity (Wildman–Crippen MR) is 215 cm³/mol. The molecular formula is C49H47NSi. The van der Waals surface area contributed by atoms with Crippen molar-refractivity contribution in [3.63, 3.8) is 0 Å². The number of hydrogen-bond acceptors (Lipinski definition) is 1. The summed E-state index contributed by atoms with van der Waals surface area (Å²) >= 11 is 0. The van der Waals surface area contributed by atoms with E-state index in [4.69, 9.17) is 0 Å². The van der Waals surface area contributed by atoms with Crippen LogP contribution in [-0.2, 0) is 5.41 Å². The van der Waals surface area contributed by atoms with Crippen LogP contribution in [0.2, 0.25) is 5.54 Å². The molecule has 1 saturated carbocycles. The maximum absolute atomic E-state index is 2.83. The van der Waals surface area contributed by atoms with Crippen LogP contribution in [0.15, 0.2) is 169 Å². The minimum atomic E-state index is 0.0101. The third-order valence-electron chi connectivity index (χ3n) is 13.5. The van der Waals surface area contributed by atoms with E-state index in [1.54, 1.807) is 27.6 Å². The Balaban J connectivity index is 1.03. The van der Waals surface area contributed by atoms with Gasteiger partial charge in [-0.2, -0.15) is 0 Å². The maximum Gasteiger partial charge on any atom is 0.0852 e. The number of rotatable bonds is 6. The molecule has 0 saturated heterocycles. The lowest BCUT2D eigenvalue weighted by Gasteiger charge is -2.48. The van der Waals surface area contributed by atoms with Crippen molar-refractivity contribution in [1.29, 1.82) is 0 Å². The van der Waals surface area contributed by atoms with Crippen molar-refractivity contribution in [2.45, 2.75) is 74.3 Å². The fraction of sp³-hybridized carbons (Fsp3) is 0.306. The van der Waals surface area contributed by atoms with Gasteiger partial charge in [0.05, 0.1) is 9.52 Å². The Morgan fingerprint density at radius 3 is 2.29 bits per heavy atom. The topological polar surface area (TPSA) is 3.24 Å².